The van der Waals surface area contributed by atoms with Gasteiger partial charge in [0.15, 0.2) is 0 Å². The second-order valence-electron chi connectivity index (χ2n) is 4.09. The Morgan fingerprint density at radius 3 is 2.84 bits per heavy atom. The summed E-state index contributed by atoms with van der Waals surface area (Å²) in [5.41, 5.74) is 0.745. The van der Waals surface area contributed by atoms with Crippen LogP contribution in [0.15, 0.2) is 42.6 Å². The van der Waals surface area contributed by atoms with Crippen molar-refractivity contribution in [3.63, 3.8) is 0 Å². The Morgan fingerprint density at radius 1 is 1.37 bits per heavy atom. The minimum absolute atomic E-state index is 0.0745. The maximum absolute atomic E-state index is 10.9. The zero-order valence-corrected chi connectivity index (χ0v) is 10.3. The number of pyridine rings is 1. The van der Waals surface area contributed by atoms with Crippen LogP contribution in [0, 0.1) is 10.1 Å². The molecule has 0 aliphatic carbocycles. The van der Waals surface area contributed by atoms with Crippen molar-refractivity contribution >= 4 is 11.5 Å². The van der Waals surface area contributed by atoms with Crippen molar-refractivity contribution in [2.75, 3.05) is 5.32 Å². The van der Waals surface area contributed by atoms with Gasteiger partial charge in [-0.25, -0.2) is 4.98 Å². The van der Waals surface area contributed by atoms with Crippen LogP contribution in [-0.2, 0) is 0 Å². The molecule has 1 aromatic heterocycles. The first kappa shape index (κ1) is 12.8. The molecule has 98 valence electrons. The molecule has 1 atom stereocenters. The largest absolute Gasteiger partial charge is 0.508 e. The lowest BCUT2D eigenvalue weighted by Crippen LogP contribution is -2.09. The molecule has 0 bridgehead atoms. The summed E-state index contributed by atoms with van der Waals surface area (Å²) in [5.74, 6) is 0.366. The number of phenolic OH excluding ortho intramolecular Hbond substituents is 1. The van der Waals surface area contributed by atoms with Gasteiger partial charge in [-0.2, -0.15) is 0 Å². The molecule has 0 radical (unpaired) electrons. The fourth-order valence-electron chi connectivity index (χ4n) is 1.74. The van der Waals surface area contributed by atoms with Gasteiger partial charge in [-0.1, -0.05) is 12.1 Å². The Balaban J connectivity index is 2.24. The number of nitrogens with zero attached hydrogens (tertiary/aromatic N) is 2. The Labute approximate surface area is 109 Å². The van der Waals surface area contributed by atoms with Crippen molar-refractivity contribution in [1.29, 1.82) is 0 Å². The lowest BCUT2D eigenvalue weighted by Gasteiger charge is -2.14. The zero-order valence-electron chi connectivity index (χ0n) is 10.3. The molecule has 2 N–H and O–H groups in total. The molecule has 0 spiro atoms. The lowest BCUT2D eigenvalue weighted by atomic mass is 10.1. The standard InChI is InChI=1S/C13H13N3O3/c1-9(10-4-2-5-11(17)8-10)15-13-12(16(18)19)6-3-7-14-13/h2-9,17H,1H3,(H,14,15). The van der Waals surface area contributed by atoms with Gasteiger partial charge in [0.25, 0.3) is 0 Å². The van der Waals surface area contributed by atoms with Crippen LogP contribution < -0.4 is 5.32 Å². The minimum atomic E-state index is -0.482. The quantitative estimate of drug-likeness (QED) is 0.651. The van der Waals surface area contributed by atoms with Gasteiger partial charge in [-0.15, -0.1) is 0 Å². The van der Waals surface area contributed by atoms with Gasteiger partial charge in [-0.3, -0.25) is 10.1 Å². The average Bonchev–Trinajstić information content (AvgIpc) is 2.39. The molecule has 2 aromatic rings. The van der Waals surface area contributed by atoms with Crippen molar-refractivity contribution in [1.82, 2.24) is 4.98 Å². The molecule has 6 heteroatoms. The highest BCUT2D eigenvalue weighted by atomic mass is 16.6. The highest BCUT2D eigenvalue weighted by Gasteiger charge is 2.16. The number of aromatic nitrogens is 1. The Kier molecular flexibility index (Phi) is 3.61. The highest BCUT2D eigenvalue weighted by Crippen LogP contribution is 2.26. The van der Waals surface area contributed by atoms with E-state index >= 15 is 0 Å². The first-order valence-corrected chi connectivity index (χ1v) is 5.73. The molecule has 1 aromatic carbocycles. The van der Waals surface area contributed by atoms with Gasteiger partial charge < -0.3 is 10.4 Å². The Hall–Kier alpha value is -2.63. The summed E-state index contributed by atoms with van der Waals surface area (Å²) >= 11 is 0. The third kappa shape index (κ3) is 2.98. The number of phenols is 1. The second kappa shape index (κ2) is 5.34. The number of aromatic hydroxyl groups is 1. The molecule has 1 heterocycles. The summed E-state index contributed by atoms with van der Waals surface area (Å²) in [5, 5.41) is 23.3. The van der Waals surface area contributed by atoms with Crippen LogP contribution in [0.5, 0.6) is 5.75 Å². The van der Waals surface area contributed by atoms with Gasteiger partial charge in [0, 0.05) is 12.3 Å². The maximum Gasteiger partial charge on any atom is 0.311 e. The number of hydrogen-bond acceptors (Lipinski definition) is 5. The maximum atomic E-state index is 10.9. The Morgan fingerprint density at radius 2 is 2.16 bits per heavy atom. The Bertz CT molecular complexity index is 601. The third-order valence-electron chi connectivity index (χ3n) is 2.71. The van der Waals surface area contributed by atoms with Crippen LogP contribution >= 0.6 is 0 Å². The van der Waals surface area contributed by atoms with Gasteiger partial charge in [-0.05, 0) is 30.7 Å². The summed E-state index contributed by atoms with van der Waals surface area (Å²) in [4.78, 5) is 14.4. The first-order valence-electron chi connectivity index (χ1n) is 5.73. The number of nitro groups is 1. The summed E-state index contributed by atoms with van der Waals surface area (Å²) in [6.07, 6.45) is 1.49. The normalized spacial score (nSPS) is 11.8. The highest BCUT2D eigenvalue weighted by molar-refractivity contribution is 5.56. The fourth-order valence-corrected chi connectivity index (χ4v) is 1.74. The van der Waals surface area contributed by atoms with Crippen molar-refractivity contribution < 1.29 is 10.0 Å². The van der Waals surface area contributed by atoms with Crippen LogP contribution in [0.2, 0.25) is 0 Å². The average molecular weight is 259 g/mol. The second-order valence-corrected chi connectivity index (χ2v) is 4.09. The van der Waals surface area contributed by atoms with E-state index in [0.29, 0.717) is 0 Å². The summed E-state index contributed by atoms with van der Waals surface area (Å²) < 4.78 is 0. The van der Waals surface area contributed by atoms with E-state index in [2.05, 4.69) is 10.3 Å². The number of anilines is 1. The molecule has 0 saturated carbocycles. The number of benzene rings is 1. The van der Waals surface area contributed by atoms with Crippen molar-refractivity contribution in [2.45, 2.75) is 13.0 Å². The first-order chi connectivity index (χ1) is 9.08. The van der Waals surface area contributed by atoms with E-state index < -0.39 is 4.92 Å². The molecule has 0 amide bonds. The zero-order chi connectivity index (χ0) is 13.8. The third-order valence-corrected chi connectivity index (χ3v) is 2.71. The molecule has 2 rings (SSSR count). The van der Waals surface area contributed by atoms with E-state index in [0.717, 1.165) is 5.56 Å². The lowest BCUT2D eigenvalue weighted by molar-refractivity contribution is -0.384. The van der Waals surface area contributed by atoms with Crippen molar-refractivity contribution in [2.24, 2.45) is 0 Å². The van der Waals surface area contributed by atoms with E-state index in [9.17, 15) is 15.2 Å². The molecule has 0 aliphatic heterocycles. The monoisotopic (exact) mass is 259 g/mol. The predicted octanol–water partition coefficient (Wildman–Crippen LogP) is 2.87. The topological polar surface area (TPSA) is 88.3 Å². The van der Waals surface area contributed by atoms with Gasteiger partial charge in [0.05, 0.1) is 11.0 Å². The molecule has 0 saturated heterocycles. The number of rotatable bonds is 4. The van der Waals surface area contributed by atoms with Crippen LogP contribution in [0.25, 0.3) is 0 Å². The van der Waals surface area contributed by atoms with Crippen LogP contribution in [-0.4, -0.2) is 15.0 Å². The molecule has 0 fully saturated rings. The SMILES string of the molecule is CC(Nc1ncccc1[N+](=O)[O-])c1cccc(O)c1. The van der Waals surface area contributed by atoms with Crippen LogP contribution in [0.1, 0.15) is 18.5 Å². The van der Waals surface area contributed by atoms with Crippen LogP contribution in [0.4, 0.5) is 11.5 Å². The van der Waals surface area contributed by atoms with Gasteiger partial charge in [0.2, 0.25) is 5.82 Å². The van der Waals surface area contributed by atoms with E-state index in [1.807, 2.05) is 13.0 Å². The van der Waals surface area contributed by atoms with E-state index in [4.69, 9.17) is 0 Å². The van der Waals surface area contributed by atoms with E-state index in [1.54, 1.807) is 18.2 Å². The summed E-state index contributed by atoms with van der Waals surface area (Å²) in [6, 6.07) is 9.42. The summed E-state index contributed by atoms with van der Waals surface area (Å²) in [7, 11) is 0. The molecule has 6 nitrogen and oxygen atoms in total. The predicted molar refractivity (Wildman–Crippen MR) is 71.0 cm³/mol. The minimum Gasteiger partial charge on any atom is -0.508 e. The molecular formula is C13H13N3O3. The molecule has 1 unspecified atom stereocenters. The van der Waals surface area contributed by atoms with Gasteiger partial charge in [0.1, 0.15) is 5.75 Å². The number of hydrogen-bond donors (Lipinski definition) is 2. The van der Waals surface area contributed by atoms with Crippen molar-refractivity contribution in [3.05, 3.63) is 58.3 Å². The van der Waals surface area contributed by atoms with Crippen LogP contribution in [0.3, 0.4) is 0 Å². The molecule has 19 heavy (non-hydrogen) atoms. The summed E-state index contributed by atoms with van der Waals surface area (Å²) in [6.45, 7) is 1.84. The van der Waals surface area contributed by atoms with E-state index in [-0.39, 0.29) is 23.3 Å². The number of nitrogens with one attached hydrogen (secondary N) is 1. The van der Waals surface area contributed by atoms with Crippen molar-refractivity contribution in [3.8, 4) is 5.75 Å². The molecule has 0 aliphatic rings. The van der Waals surface area contributed by atoms with Gasteiger partial charge >= 0.3 is 5.69 Å². The smallest absolute Gasteiger partial charge is 0.311 e. The van der Waals surface area contributed by atoms with E-state index in [1.165, 1.54) is 18.3 Å². The molecular weight excluding hydrogens is 246 g/mol. The fraction of sp³-hybridized carbons (Fsp3) is 0.154.